The first-order valence-electron chi connectivity index (χ1n) is 10.2. The van der Waals surface area contributed by atoms with Crippen LogP contribution < -0.4 is 4.74 Å². The first-order chi connectivity index (χ1) is 14.8. The number of nitrogens with zero attached hydrogens (tertiary/aromatic N) is 2. The van der Waals surface area contributed by atoms with Crippen molar-refractivity contribution in [1.82, 2.24) is 9.80 Å². The molecular formula is C23H27ClN2O5. The number of carbonyl (C=O) groups is 2. The Hall–Kier alpha value is -2.77. The minimum Gasteiger partial charge on any atom is -0.507 e. The number of amides is 1. The van der Waals surface area contributed by atoms with Gasteiger partial charge in [-0.1, -0.05) is 25.4 Å². The number of methoxy groups -OCH3 is 1. The van der Waals surface area contributed by atoms with Gasteiger partial charge in [-0.3, -0.25) is 9.59 Å². The highest BCUT2D eigenvalue weighted by Crippen LogP contribution is 2.42. The lowest BCUT2D eigenvalue weighted by Gasteiger charge is -2.26. The van der Waals surface area contributed by atoms with Crippen molar-refractivity contribution in [2.45, 2.75) is 26.8 Å². The summed E-state index contributed by atoms with van der Waals surface area (Å²) in [4.78, 5) is 29.6. The Balaban J connectivity index is 2.14. The van der Waals surface area contributed by atoms with E-state index < -0.39 is 17.7 Å². The fourth-order valence-electron chi connectivity index (χ4n) is 3.90. The Labute approximate surface area is 186 Å². The molecule has 1 amide bonds. The van der Waals surface area contributed by atoms with Crippen molar-refractivity contribution in [1.29, 1.82) is 0 Å². The maximum atomic E-state index is 13.1. The van der Waals surface area contributed by atoms with Crippen LogP contribution in [0.5, 0.6) is 5.75 Å². The Morgan fingerprint density at radius 1 is 1.29 bits per heavy atom. The second-order valence-corrected chi connectivity index (χ2v) is 7.77. The lowest BCUT2D eigenvalue weighted by Crippen LogP contribution is -2.37. The van der Waals surface area contributed by atoms with Crippen LogP contribution in [0.15, 0.2) is 40.5 Å². The molecule has 2 aromatic rings. The van der Waals surface area contributed by atoms with Crippen LogP contribution in [-0.4, -0.2) is 59.9 Å². The second kappa shape index (κ2) is 9.58. The summed E-state index contributed by atoms with van der Waals surface area (Å²) in [5.41, 5.74) is 0.989. The zero-order valence-corrected chi connectivity index (χ0v) is 18.9. The molecule has 1 aromatic heterocycles. The summed E-state index contributed by atoms with van der Waals surface area (Å²) in [7, 11) is 1.43. The summed E-state index contributed by atoms with van der Waals surface area (Å²) in [5.74, 6) is -1.14. The molecule has 1 aromatic carbocycles. The van der Waals surface area contributed by atoms with E-state index in [4.69, 9.17) is 20.8 Å². The molecule has 1 N–H and O–H groups in total. The zero-order chi connectivity index (χ0) is 22.7. The number of likely N-dealkylation sites (N-methyl/N-ethyl adjacent to an activating group) is 1. The smallest absolute Gasteiger partial charge is 0.295 e. The number of likely N-dealkylation sites (tertiary alicyclic amines) is 1. The van der Waals surface area contributed by atoms with Crippen LogP contribution in [0.2, 0.25) is 5.02 Å². The highest BCUT2D eigenvalue weighted by molar-refractivity contribution is 6.46. The molecule has 7 nitrogen and oxygen atoms in total. The molecule has 1 fully saturated rings. The van der Waals surface area contributed by atoms with Gasteiger partial charge in [-0.2, -0.15) is 0 Å². The second-order valence-electron chi connectivity index (χ2n) is 7.36. The Bertz CT molecular complexity index is 996. The average Bonchev–Trinajstić information content (AvgIpc) is 3.35. The number of hydrogen-bond acceptors (Lipinski definition) is 6. The number of ether oxygens (including phenoxy) is 1. The number of aliphatic hydroxyl groups excluding tert-OH is 1. The molecule has 166 valence electrons. The first-order valence-corrected chi connectivity index (χ1v) is 10.6. The standard InChI is InChI=1S/C23H27ClN2O5/c1-5-25(6-2)9-10-26-19(17-8-7-11-31-17)18(21(28)23(26)29)20(27)15-12-14(3)13-16(24)22(15)30-4/h7-8,11-13,19,27H,5-6,9-10H2,1-4H3/b20-18-. The van der Waals surface area contributed by atoms with Crippen molar-refractivity contribution in [3.8, 4) is 5.75 Å². The molecule has 1 saturated heterocycles. The minimum absolute atomic E-state index is 0.0422. The van der Waals surface area contributed by atoms with Crippen molar-refractivity contribution in [2.75, 3.05) is 33.3 Å². The molecule has 8 heteroatoms. The van der Waals surface area contributed by atoms with E-state index in [1.807, 2.05) is 20.8 Å². The molecule has 3 rings (SSSR count). The van der Waals surface area contributed by atoms with E-state index in [2.05, 4.69) is 4.90 Å². The van der Waals surface area contributed by atoms with Crippen LogP contribution >= 0.6 is 11.6 Å². The molecule has 1 unspecified atom stereocenters. The predicted molar refractivity (Wildman–Crippen MR) is 118 cm³/mol. The third kappa shape index (κ3) is 4.34. The third-order valence-corrected chi connectivity index (χ3v) is 5.83. The van der Waals surface area contributed by atoms with Gasteiger partial charge < -0.3 is 24.1 Å². The molecular weight excluding hydrogens is 420 g/mol. The number of ketones is 1. The summed E-state index contributed by atoms with van der Waals surface area (Å²) < 4.78 is 10.9. The number of rotatable bonds is 8. The summed E-state index contributed by atoms with van der Waals surface area (Å²) in [5, 5.41) is 11.5. The summed E-state index contributed by atoms with van der Waals surface area (Å²) in [6.07, 6.45) is 1.48. The fourth-order valence-corrected chi connectivity index (χ4v) is 4.25. The number of benzene rings is 1. The Kier molecular flexibility index (Phi) is 7.08. The lowest BCUT2D eigenvalue weighted by molar-refractivity contribution is -0.140. The SMILES string of the molecule is CCN(CC)CCN1C(=O)C(=O)/C(=C(\O)c2cc(C)cc(Cl)c2OC)C1c1ccco1. The van der Waals surface area contributed by atoms with Gasteiger partial charge in [0.1, 0.15) is 23.3 Å². The molecule has 1 aliphatic heterocycles. The molecule has 2 heterocycles. The van der Waals surface area contributed by atoms with Crippen LogP contribution in [-0.2, 0) is 9.59 Å². The lowest BCUT2D eigenvalue weighted by atomic mass is 9.98. The van der Waals surface area contributed by atoms with Crippen molar-refractivity contribution < 1.29 is 23.8 Å². The van der Waals surface area contributed by atoms with Gasteiger partial charge in [0.15, 0.2) is 0 Å². The van der Waals surface area contributed by atoms with Crippen molar-refractivity contribution >= 4 is 29.1 Å². The maximum absolute atomic E-state index is 13.1. The largest absolute Gasteiger partial charge is 0.507 e. The first kappa shape index (κ1) is 22.9. The highest BCUT2D eigenvalue weighted by atomic mass is 35.5. The molecule has 31 heavy (non-hydrogen) atoms. The van der Waals surface area contributed by atoms with Crippen LogP contribution in [0, 0.1) is 6.92 Å². The monoisotopic (exact) mass is 446 g/mol. The van der Waals surface area contributed by atoms with Crippen LogP contribution in [0.1, 0.15) is 36.8 Å². The van der Waals surface area contributed by atoms with Crippen molar-refractivity contribution in [2.24, 2.45) is 0 Å². The zero-order valence-electron chi connectivity index (χ0n) is 18.1. The molecule has 0 radical (unpaired) electrons. The number of Topliss-reactive ketones (excluding diaryl/α,β-unsaturated/α-hetero) is 1. The Morgan fingerprint density at radius 3 is 2.58 bits per heavy atom. The summed E-state index contributed by atoms with van der Waals surface area (Å²) >= 11 is 6.29. The van der Waals surface area contributed by atoms with Gasteiger partial charge in [0.05, 0.1) is 29.5 Å². The maximum Gasteiger partial charge on any atom is 0.295 e. The number of carbonyl (C=O) groups excluding carboxylic acids is 2. The van der Waals surface area contributed by atoms with E-state index >= 15 is 0 Å². The molecule has 0 spiro atoms. The highest BCUT2D eigenvalue weighted by Gasteiger charge is 2.47. The van der Waals surface area contributed by atoms with E-state index in [0.29, 0.717) is 23.9 Å². The minimum atomic E-state index is -0.838. The number of aliphatic hydroxyl groups is 1. The predicted octanol–water partition coefficient (Wildman–Crippen LogP) is 4.01. The summed E-state index contributed by atoms with van der Waals surface area (Å²) in [6.45, 7) is 8.45. The van der Waals surface area contributed by atoms with E-state index in [-0.39, 0.29) is 22.6 Å². The van der Waals surface area contributed by atoms with Crippen LogP contribution in [0.25, 0.3) is 5.76 Å². The summed E-state index contributed by atoms with van der Waals surface area (Å²) in [6, 6.07) is 5.90. The van der Waals surface area contributed by atoms with Crippen LogP contribution in [0.4, 0.5) is 0 Å². The third-order valence-electron chi connectivity index (χ3n) is 5.55. The van der Waals surface area contributed by atoms with Crippen LogP contribution in [0.3, 0.4) is 0 Å². The Morgan fingerprint density at radius 2 is 2.00 bits per heavy atom. The molecule has 0 saturated carbocycles. The van der Waals surface area contributed by atoms with E-state index in [0.717, 1.165) is 18.7 Å². The van der Waals surface area contributed by atoms with E-state index in [9.17, 15) is 14.7 Å². The molecule has 0 aliphatic carbocycles. The fraction of sp³-hybridized carbons (Fsp3) is 0.391. The van der Waals surface area contributed by atoms with Crippen molar-refractivity contribution in [3.05, 3.63) is 58.0 Å². The quantitative estimate of drug-likeness (QED) is 0.374. The molecule has 1 atom stereocenters. The van der Waals surface area contributed by atoms with Gasteiger partial charge in [0, 0.05) is 13.1 Å². The van der Waals surface area contributed by atoms with Gasteiger partial charge in [-0.15, -0.1) is 0 Å². The normalized spacial score (nSPS) is 18.3. The van der Waals surface area contributed by atoms with Crippen molar-refractivity contribution in [3.63, 3.8) is 0 Å². The number of aryl methyl sites for hydroxylation is 1. The van der Waals surface area contributed by atoms with Gasteiger partial charge in [-0.05, 0) is 49.8 Å². The van der Waals surface area contributed by atoms with Gasteiger partial charge in [0.2, 0.25) is 0 Å². The van der Waals surface area contributed by atoms with E-state index in [1.54, 1.807) is 24.3 Å². The van der Waals surface area contributed by atoms with Gasteiger partial charge in [-0.25, -0.2) is 0 Å². The molecule has 0 bridgehead atoms. The van der Waals surface area contributed by atoms with Gasteiger partial charge >= 0.3 is 0 Å². The topological polar surface area (TPSA) is 83.2 Å². The number of hydrogen-bond donors (Lipinski definition) is 1. The number of furan rings is 1. The van der Waals surface area contributed by atoms with Gasteiger partial charge in [0.25, 0.3) is 11.7 Å². The number of halogens is 1. The average molecular weight is 447 g/mol. The molecule has 1 aliphatic rings. The van der Waals surface area contributed by atoms with E-state index in [1.165, 1.54) is 18.3 Å².